The van der Waals surface area contributed by atoms with Gasteiger partial charge in [-0.1, -0.05) is 194 Å². The van der Waals surface area contributed by atoms with Gasteiger partial charge in [0.25, 0.3) is 0 Å². The van der Waals surface area contributed by atoms with Crippen LogP contribution in [-0.2, 0) is 9.59 Å². The summed E-state index contributed by atoms with van der Waals surface area (Å²) in [6, 6.07) is 0. The molecule has 6 nitrogen and oxygen atoms in total. The molecule has 0 aromatic heterocycles. The molecule has 0 fully saturated rings. The highest BCUT2D eigenvalue weighted by Gasteiger charge is 1.98. The van der Waals surface area contributed by atoms with Crippen molar-refractivity contribution < 1.29 is 19.8 Å². The highest BCUT2D eigenvalue weighted by Crippen LogP contribution is 2.15. The fourth-order valence-corrected chi connectivity index (χ4v) is 5.30. The Kier molecular flexibility index (Phi) is 60.7. The molecule has 6 heteroatoms. The molecular formula is C38H82N2O4. The number of hydrogen-bond donors (Lipinski definition) is 4. The standard InChI is InChI=1S/2C18H36O2.C2H4.2H3N/c2*1-2-3-4-5-6-7-8-9-10-11-12-13-14-15-16-17-18(19)20;1-2;;/h2*2-17H2,1H3,(H,19,20);1-2H2;2*1H3. The average Bonchev–Trinajstić information content (AvgIpc) is 2.98. The minimum Gasteiger partial charge on any atom is -0.481 e. The van der Waals surface area contributed by atoms with Gasteiger partial charge in [0.15, 0.2) is 0 Å². The van der Waals surface area contributed by atoms with Crippen LogP contribution in [0.1, 0.15) is 219 Å². The smallest absolute Gasteiger partial charge is 0.303 e. The molecule has 0 aromatic rings. The van der Waals surface area contributed by atoms with Crippen molar-refractivity contribution in [2.24, 2.45) is 0 Å². The lowest BCUT2D eigenvalue weighted by Crippen LogP contribution is -1.93. The lowest BCUT2D eigenvalue weighted by molar-refractivity contribution is -0.138. The number of carboxylic acids is 2. The number of aliphatic carboxylic acids is 2. The van der Waals surface area contributed by atoms with Crippen LogP contribution in [0.3, 0.4) is 0 Å². The topological polar surface area (TPSA) is 145 Å². The fourth-order valence-electron chi connectivity index (χ4n) is 5.30. The van der Waals surface area contributed by atoms with Crippen LogP contribution in [0.5, 0.6) is 0 Å². The third-order valence-electron chi connectivity index (χ3n) is 7.99. The molecule has 0 saturated heterocycles. The van der Waals surface area contributed by atoms with E-state index in [0.29, 0.717) is 12.8 Å². The largest absolute Gasteiger partial charge is 0.481 e. The van der Waals surface area contributed by atoms with Gasteiger partial charge in [0, 0.05) is 12.8 Å². The molecule has 0 unspecified atom stereocenters. The molecule has 0 radical (unpaired) electrons. The molecule has 0 aliphatic rings. The van der Waals surface area contributed by atoms with Gasteiger partial charge in [-0.25, -0.2) is 0 Å². The molecule has 44 heavy (non-hydrogen) atoms. The molecule has 0 amide bonds. The van der Waals surface area contributed by atoms with Gasteiger partial charge in [0.05, 0.1) is 0 Å². The first-order valence-corrected chi connectivity index (χ1v) is 18.5. The van der Waals surface area contributed by atoms with E-state index >= 15 is 0 Å². The maximum atomic E-state index is 10.3. The Hall–Kier alpha value is -1.40. The minimum atomic E-state index is -0.653. The molecule has 0 saturated carbocycles. The molecule has 0 heterocycles. The van der Waals surface area contributed by atoms with Crippen LogP contribution < -0.4 is 12.3 Å². The van der Waals surface area contributed by atoms with E-state index in [1.54, 1.807) is 0 Å². The highest BCUT2D eigenvalue weighted by molar-refractivity contribution is 5.66. The van der Waals surface area contributed by atoms with Gasteiger partial charge >= 0.3 is 11.9 Å². The fraction of sp³-hybridized carbons (Fsp3) is 0.895. The molecule has 0 aliphatic carbocycles. The first-order chi connectivity index (χ1) is 20.5. The number of hydrogen-bond acceptors (Lipinski definition) is 4. The summed E-state index contributed by atoms with van der Waals surface area (Å²) < 4.78 is 0. The van der Waals surface area contributed by atoms with E-state index in [2.05, 4.69) is 27.0 Å². The van der Waals surface area contributed by atoms with Crippen molar-refractivity contribution in [2.75, 3.05) is 0 Å². The molecule has 0 spiro atoms. The van der Waals surface area contributed by atoms with Crippen molar-refractivity contribution in [2.45, 2.75) is 219 Å². The van der Waals surface area contributed by atoms with Gasteiger partial charge < -0.3 is 22.5 Å². The van der Waals surface area contributed by atoms with E-state index in [4.69, 9.17) is 10.2 Å². The summed E-state index contributed by atoms with van der Waals surface area (Å²) in [5.41, 5.74) is 0. The van der Waals surface area contributed by atoms with Crippen LogP contribution in [0.2, 0.25) is 0 Å². The quantitative estimate of drug-likeness (QED) is 0.0429. The Morgan fingerprint density at radius 1 is 0.341 bits per heavy atom. The summed E-state index contributed by atoms with van der Waals surface area (Å²) >= 11 is 0. The second-order valence-electron chi connectivity index (χ2n) is 12.2. The minimum absolute atomic E-state index is 0. The Balaban J connectivity index is -0.000000209. The maximum Gasteiger partial charge on any atom is 0.303 e. The SMILES string of the molecule is C=C.CCCCCCCCCCCCCCCCCC(=O)O.CCCCCCCCCCCCCCCCCC(=O)O.N.N. The monoisotopic (exact) mass is 631 g/mol. The van der Waals surface area contributed by atoms with Crippen LogP contribution in [0.15, 0.2) is 13.2 Å². The Bertz CT molecular complexity index is 473. The van der Waals surface area contributed by atoms with E-state index in [9.17, 15) is 9.59 Å². The van der Waals surface area contributed by atoms with Gasteiger partial charge in [-0.15, -0.1) is 13.2 Å². The van der Waals surface area contributed by atoms with Gasteiger partial charge in [-0.05, 0) is 12.8 Å². The zero-order chi connectivity index (χ0) is 31.8. The molecule has 0 rings (SSSR count). The summed E-state index contributed by atoms with van der Waals surface area (Å²) in [5.74, 6) is -1.31. The number of rotatable bonds is 32. The Morgan fingerprint density at radius 2 is 0.477 bits per heavy atom. The highest BCUT2D eigenvalue weighted by atomic mass is 16.4. The van der Waals surface area contributed by atoms with Crippen molar-refractivity contribution in [3.63, 3.8) is 0 Å². The Morgan fingerprint density at radius 3 is 0.614 bits per heavy atom. The predicted molar refractivity (Wildman–Crippen MR) is 196 cm³/mol. The zero-order valence-corrected chi connectivity index (χ0v) is 30.2. The zero-order valence-electron chi connectivity index (χ0n) is 30.2. The second-order valence-corrected chi connectivity index (χ2v) is 12.2. The van der Waals surface area contributed by atoms with Crippen molar-refractivity contribution in [1.82, 2.24) is 12.3 Å². The molecule has 0 aromatic carbocycles. The lowest BCUT2D eigenvalue weighted by Gasteiger charge is -2.03. The first kappa shape index (κ1) is 52.1. The predicted octanol–water partition coefficient (Wildman–Crippen LogP) is 13.8. The molecule has 0 atom stereocenters. The summed E-state index contributed by atoms with van der Waals surface area (Å²) in [5, 5.41) is 17.0. The molecule has 268 valence electrons. The van der Waals surface area contributed by atoms with Crippen LogP contribution in [-0.4, -0.2) is 22.2 Å². The van der Waals surface area contributed by atoms with Crippen LogP contribution >= 0.6 is 0 Å². The van der Waals surface area contributed by atoms with E-state index in [-0.39, 0.29) is 12.3 Å². The van der Waals surface area contributed by atoms with Gasteiger partial charge in [-0.2, -0.15) is 0 Å². The maximum absolute atomic E-state index is 10.3. The van der Waals surface area contributed by atoms with Crippen molar-refractivity contribution >= 4 is 11.9 Å². The molecule has 0 bridgehead atoms. The van der Waals surface area contributed by atoms with Crippen molar-refractivity contribution in [3.8, 4) is 0 Å². The summed E-state index contributed by atoms with van der Waals surface area (Å²) in [7, 11) is 0. The van der Waals surface area contributed by atoms with E-state index in [1.165, 1.54) is 167 Å². The number of carboxylic acid groups (broad SMARTS) is 2. The normalized spacial score (nSPS) is 9.95. The summed E-state index contributed by atoms with van der Waals surface area (Å²) in [6.07, 6.45) is 40.4. The third kappa shape index (κ3) is 59.9. The number of unbranched alkanes of at least 4 members (excludes halogenated alkanes) is 28. The van der Waals surface area contributed by atoms with Gasteiger partial charge in [0.1, 0.15) is 0 Å². The van der Waals surface area contributed by atoms with E-state index in [1.807, 2.05) is 0 Å². The summed E-state index contributed by atoms with van der Waals surface area (Å²) in [6.45, 7) is 10.5. The summed E-state index contributed by atoms with van der Waals surface area (Å²) in [4.78, 5) is 20.7. The van der Waals surface area contributed by atoms with Crippen molar-refractivity contribution in [1.29, 1.82) is 0 Å². The molecular weight excluding hydrogens is 548 g/mol. The van der Waals surface area contributed by atoms with Crippen LogP contribution in [0, 0.1) is 0 Å². The van der Waals surface area contributed by atoms with Gasteiger partial charge in [-0.3, -0.25) is 9.59 Å². The van der Waals surface area contributed by atoms with E-state index in [0.717, 1.165) is 25.7 Å². The first-order valence-electron chi connectivity index (χ1n) is 18.5. The molecule has 0 aliphatic heterocycles. The third-order valence-corrected chi connectivity index (χ3v) is 7.99. The van der Waals surface area contributed by atoms with Crippen molar-refractivity contribution in [3.05, 3.63) is 13.2 Å². The lowest BCUT2D eigenvalue weighted by atomic mass is 10.0. The Labute approximate surface area is 276 Å². The van der Waals surface area contributed by atoms with Crippen LogP contribution in [0.4, 0.5) is 0 Å². The second kappa shape index (κ2) is 51.2. The van der Waals surface area contributed by atoms with Gasteiger partial charge in [0.2, 0.25) is 0 Å². The average molecular weight is 631 g/mol. The van der Waals surface area contributed by atoms with Crippen LogP contribution in [0.25, 0.3) is 0 Å². The van der Waals surface area contributed by atoms with E-state index < -0.39 is 11.9 Å². The number of carbonyl (C=O) groups is 2. The molecule has 8 N–H and O–H groups in total.